The van der Waals surface area contributed by atoms with Gasteiger partial charge in [-0.25, -0.2) is 4.79 Å². The highest BCUT2D eigenvalue weighted by Gasteiger charge is 2.42. The van der Waals surface area contributed by atoms with Gasteiger partial charge in [-0.15, -0.1) is 0 Å². The number of alkyl carbamates (subject to hydrolysis) is 1. The molecule has 2 atom stereocenters. The zero-order valence-electron chi connectivity index (χ0n) is 20.2. The van der Waals surface area contributed by atoms with Crippen LogP contribution in [0.5, 0.6) is 0 Å². The van der Waals surface area contributed by atoms with Crippen LogP contribution in [0.3, 0.4) is 0 Å². The van der Waals surface area contributed by atoms with Gasteiger partial charge in [0, 0.05) is 32.7 Å². The van der Waals surface area contributed by atoms with Crippen LogP contribution in [-0.4, -0.2) is 91.5 Å². The summed E-state index contributed by atoms with van der Waals surface area (Å²) in [5, 5.41) is 12.2. The first-order valence-corrected chi connectivity index (χ1v) is 11.6. The Morgan fingerprint density at radius 3 is 2.23 bits per heavy atom. The minimum Gasteiger partial charge on any atom is -0.480 e. The monoisotopic (exact) mass is 481 g/mol. The van der Waals surface area contributed by atoms with Crippen LogP contribution in [0, 0.1) is 0 Å². The quantitative estimate of drug-likeness (QED) is 0.624. The molecule has 4 rings (SSSR count). The molecule has 2 N–H and O–H groups in total. The number of hydrogen-bond acceptors (Lipinski definition) is 6. The van der Waals surface area contributed by atoms with Crippen molar-refractivity contribution in [3.8, 4) is 11.1 Å². The topological polar surface area (TPSA) is 108 Å². The van der Waals surface area contributed by atoms with Crippen molar-refractivity contribution in [3.63, 3.8) is 0 Å². The highest BCUT2D eigenvalue weighted by atomic mass is 16.5. The van der Waals surface area contributed by atoms with E-state index in [9.17, 15) is 19.5 Å². The molecule has 1 aliphatic heterocycles. The lowest BCUT2D eigenvalue weighted by Gasteiger charge is -2.41. The van der Waals surface area contributed by atoms with Crippen molar-refractivity contribution >= 4 is 18.0 Å². The number of benzene rings is 2. The summed E-state index contributed by atoms with van der Waals surface area (Å²) in [5.74, 6) is -1.51. The molecule has 2 aromatic carbocycles. The van der Waals surface area contributed by atoms with E-state index in [1.807, 2.05) is 36.4 Å². The molecule has 0 aromatic heterocycles. The maximum atomic E-state index is 13.4. The van der Waals surface area contributed by atoms with Crippen LogP contribution < -0.4 is 5.32 Å². The second kappa shape index (κ2) is 10.1. The van der Waals surface area contributed by atoms with Gasteiger partial charge >= 0.3 is 12.1 Å². The number of hydrogen-bond donors (Lipinski definition) is 2. The van der Waals surface area contributed by atoms with E-state index < -0.39 is 29.6 Å². The third kappa shape index (κ3) is 4.87. The summed E-state index contributed by atoms with van der Waals surface area (Å²) in [6.45, 7) is 2.39. The number of nitrogens with one attached hydrogen (secondary N) is 1. The molecule has 0 bridgehead atoms. The molecular formula is C26H31N3O6. The number of methoxy groups -OCH3 is 1. The molecule has 2 aliphatic rings. The van der Waals surface area contributed by atoms with Gasteiger partial charge in [0.05, 0.1) is 6.61 Å². The van der Waals surface area contributed by atoms with Crippen molar-refractivity contribution < 1.29 is 29.0 Å². The normalized spacial score (nSPS) is 19.4. The van der Waals surface area contributed by atoms with Gasteiger partial charge in [-0.05, 0) is 36.2 Å². The van der Waals surface area contributed by atoms with Gasteiger partial charge in [-0.1, -0.05) is 48.5 Å². The molecular weight excluding hydrogens is 450 g/mol. The molecule has 0 spiro atoms. The number of rotatable bonds is 7. The number of piperazine rings is 1. The fourth-order valence-electron chi connectivity index (χ4n) is 4.97. The van der Waals surface area contributed by atoms with Gasteiger partial charge in [0.15, 0.2) is 0 Å². The van der Waals surface area contributed by atoms with Crippen LogP contribution >= 0.6 is 0 Å². The summed E-state index contributed by atoms with van der Waals surface area (Å²) in [6.07, 6.45) is -0.733. The number of carbonyl (C=O) groups is 3. The van der Waals surface area contributed by atoms with E-state index in [1.54, 1.807) is 18.9 Å². The number of carboxylic acids is 1. The van der Waals surface area contributed by atoms with Crippen LogP contribution in [-0.2, 0) is 19.1 Å². The van der Waals surface area contributed by atoms with Gasteiger partial charge in [-0.2, -0.15) is 0 Å². The van der Waals surface area contributed by atoms with Crippen molar-refractivity contribution in [2.75, 3.05) is 47.0 Å². The first-order valence-electron chi connectivity index (χ1n) is 11.6. The number of likely N-dealkylation sites (N-methyl/N-ethyl adjacent to an activating group) is 1. The number of carboxylic acid groups (broad SMARTS) is 1. The SMILES string of the molecule is COCC(C)(NC(=O)OCC1c2ccccc2-c2ccccc21)C(=O)N1CCN(C)C(C(=O)O)C1. The molecule has 9 heteroatoms. The lowest BCUT2D eigenvalue weighted by atomic mass is 9.98. The number of nitrogens with zero attached hydrogens (tertiary/aromatic N) is 2. The number of amides is 2. The van der Waals surface area contributed by atoms with Gasteiger partial charge in [0.25, 0.3) is 5.91 Å². The second-order valence-electron chi connectivity index (χ2n) is 9.30. The molecule has 186 valence electrons. The van der Waals surface area contributed by atoms with Crippen molar-refractivity contribution in [2.24, 2.45) is 0 Å². The molecule has 1 heterocycles. The van der Waals surface area contributed by atoms with Gasteiger partial charge in [0.2, 0.25) is 0 Å². The average Bonchev–Trinajstić information content (AvgIpc) is 3.16. The Kier molecular flexibility index (Phi) is 7.09. The van der Waals surface area contributed by atoms with Crippen molar-refractivity contribution in [2.45, 2.75) is 24.4 Å². The standard InChI is InChI=1S/C26H31N3O6/c1-26(16-34-3,24(32)29-13-12-28(2)22(14-29)23(30)31)27-25(33)35-15-21-19-10-6-4-8-17(19)18-9-5-7-11-20(18)21/h4-11,21-22H,12-16H2,1-3H3,(H,27,33)(H,30,31). The van der Waals surface area contributed by atoms with E-state index in [1.165, 1.54) is 12.0 Å². The Morgan fingerprint density at radius 1 is 1.06 bits per heavy atom. The highest BCUT2D eigenvalue weighted by Crippen LogP contribution is 2.44. The zero-order valence-corrected chi connectivity index (χ0v) is 20.2. The van der Waals surface area contributed by atoms with Gasteiger partial charge < -0.3 is 24.8 Å². The summed E-state index contributed by atoms with van der Waals surface area (Å²) in [5.41, 5.74) is 3.03. The van der Waals surface area contributed by atoms with Crippen LogP contribution in [0.1, 0.15) is 24.0 Å². The minimum absolute atomic E-state index is 0.0241. The lowest BCUT2D eigenvalue weighted by molar-refractivity contribution is -0.150. The highest BCUT2D eigenvalue weighted by molar-refractivity contribution is 5.90. The summed E-state index contributed by atoms with van der Waals surface area (Å²) in [7, 11) is 3.15. The Balaban J connectivity index is 1.45. The largest absolute Gasteiger partial charge is 0.480 e. The molecule has 9 nitrogen and oxygen atoms in total. The smallest absolute Gasteiger partial charge is 0.408 e. The van der Waals surface area contributed by atoms with Crippen LogP contribution in [0.15, 0.2) is 48.5 Å². The van der Waals surface area contributed by atoms with E-state index in [2.05, 4.69) is 17.4 Å². The molecule has 0 saturated carbocycles. The summed E-state index contributed by atoms with van der Waals surface area (Å²) >= 11 is 0. The predicted molar refractivity (Wildman–Crippen MR) is 129 cm³/mol. The fourth-order valence-corrected chi connectivity index (χ4v) is 4.97. The van der Waals surface area contributed by atoms with Crippen molar-refractivity contribution in [1.82, 2.24) is 15.1 Å². The van der Waals surface area contributed by atoms with E-state index in [0.717, 1.165) is 22.3 Å². The first kappa shape index (κ1) is 24.7. The average molecular weight is 482 g/mol. The van der Waals surface area contributed by atoms with E-state index in [-0.39, 0.29) is 25.7 Å². The molecule has 35 heavy (non-hydrogen) atoms. The Hall–Kier alpha value is -3.43. The third-order valence-corrected chi connectivity index (χ3v) is 6.85. The Morgan fingerprint density at radius 2 is 1.66 bits per heavy atom. The van der Waals surface area contributed by atoms with Crippen molar-refractivity contribution in [3.05, 3.63) is 59.7 Å². The summed E-state index contributed by atoms with van der Waals surface area (Å²) in [6, 6.07) is 15.3. The summed E-state index contributed by atoms with van der Waals surface area (Å²) < 4.78 is 10.9. The number of ether oxygens (including phenoxy) is 2. The fraction of sp³-hybridized carbons (Fsp3) is 0.423. The molecule has 2 unspecified atom stereocenters. The molecule has 2 amide bonds. The number of carbonyl (C=O) groups excluding carboxylic acids is 2. The van der Waals surface area contributed by atoms with E-state index in [0.29, 0.717) is 13.1 Å². The Labute approximate surface area is 204 Å². The predicted octanol–water partition coefficient (Wildman–Crippen LogP) is 2.16. The zero-order chi connectivity index (χ0) is 25.2. The van der Waals surface area contributed by atoms with Crippen LogP contribution in [0.4, 0.5) is 4.79 Å². The van der Waals surface area contributed by atoms with Crippen LogP contribution in [0.2, 0.25) is 0 Å². The lowest BCUT2D eigenvalue weighted by Crippen LogP contribution is -2.65. The van der Waals surface area contributed by atoms with Gasteiger partial charge in [0.1, 0.15) is 18.2 Å². The number of aliphatic carboxylic acids is 1. The molecule has 0 radical (unpaired) electrons. The summed E-state index contributed by atoms with van der Waals surface area (Å²) in [4.78, 5) is 41.0. The third-order valence-electron chi connectivity index (χ3n) is 6.85. The van der Waals surface area contributed by atoms with Gasteiger partial charge in [-0.3, -0.25) is 14.5 Å². The minimum atomic E-state index is -1.41. The van der Waals surface area contributed by atoms with E-state index >= 15 is 0 Å². The second-order valence-corrected chi connectivity index (χ2v) is 9.30. The number of fused-ring (bicyclic) bond motifs is 3. The molecule has 1 aliphatic carbocycles. The first-order chi connectivity index (χ1) is 16.7. The van der Waals surface area contributed by atoms with Crippen LogP contribution in [0.25, 0.3) is 11.1 Å². The maximum absolute atomic E-state index is 13.4. The molecule has 1 saturated heterocycles. The van der Waals surface area contributed by atoms with E-state index in [4.69, 9.17) is 9.47 Å². The van der Waals surface area contributed by atoms with Crippen molar-refractivity contribution in [1.29, 1.82) is 0 Å². The Bertz CT molecular complexity index is 1080. The maximum Gasteiger partial charge on any atom is 0.408 e. The molecule has 2 aromatic rings. The molecule has 1 fully saturated rings.